The molecule has 0 bridgehead atoms. The van der Waals surface area contributed by atoms with Crippen molar-refractivity contribution in [1.29, 1.82) is 0 Å². The number of rotatable bonds is 12. The molecule has 4 nitrogen and oxygen atoms in total. The quantitative estimate of drug-likeness (QED) is 0.215. The molecule has 1 atom stereocenters. The third-order valence-electron chi connectivity index (χ3n) is 7.34. The highest BCUT2D eigenvalue weighted by Gasteiger charge is 2.32. The Morgan fingerprint density at radius 3 is 1.80 bits per heavy atom. The molecule has 4 aromatic rings. The fraction of sp³-hybridized carbons (Fsp3) is 0.278. The number of nitrogens with one attached hydrogen (secondary N) is 1. The standard InChI is InChI=1S/C36H40N2O2/c1-27(2)25-37-36(40)34(23-29-16-7-4-8-17-29)38(26-32-22-14-13-15-28(32)3)35(39)24-33(30-18-9-5-10-19-30)31-20-11-6-12-21-31/h4-22,27,33-34H,23-26H2,1-3H3,(H,37,40)/t34-/m1/s1. The summed E-state index contributed by atoms with van der Waals surface area (Å²) < 4.78 is 0. The molecule has 206 valence electrons. The summed E-state index contributed by atoms with van der Waals surface area (Å²) in [7, 11) is 0. The van der Waals surface area contributed by atoms with Crippen molar-refractivity contribution in [3.05, 3.63) is 143 Å². The van der Waals surface area contributed by atoms with Gasteiger partial charge in [-0.25, -0.2) is 0 Å². The van der Waals surface area contributed by atoms with Gasteiger partial charge >= 0.3 is 0 Å². The number of carbonyl (C=O) groups is 2. The van der Waals surface area contributed by atoms with Crippen molar-refractivity contribution in [2.24, 2.45) is 5.92 Å². The Balaban J connectivity index is 1.73. The molecule has 0 aliphatic rings. The first-order valence-corrected chi connectivity index (χ1v) is 14.2. The lowest BCUT2D eigenvalue weighted by Gasteiger charge is -2.33. The van der Waals surface area contributed by atoms with Crippen LogP contribution in [-0.4, -0.2) is 29.3 Å². The second-order valence-corrected chi connectivity index (χ2v) is 10.9. The Labute approximate surface area is 239 Å². The summed E-state index contributed by atoms with van der Waals surface area (Å²) in [6.07, 6.45) is 0.715. The van der Waals surface area contributed by atoms with Crippen LogP contribution in [0.15, 0.2) is 115 Å². The molecule has 0 saturated carbocycles. The molecule has 0 saturated heterocycles. The molecule has 4 heteroatoms. The summed E-state index contributed by atoms with van der Waals surface area (Å²) in [6.45, 7) is 7.14. The highest BCUT2D eigenvalue weighted by Crippen LogP contribution is 2.30. The minimum absolute atomic E-state index is 0.0402. The number of aryl methyl sites for hydroxylation is 1. The van der Waals surface area contributed by atoms with Crippen LogP contribution in [0.5, 0.6) is 0 Å². The fourth-order valence-corrected chi connectivity index (χ4v) is 5.04. The van der Waals surface area contributed by atoms with Crippen LogP contribution in [0.2, 0.25) is 0 Å². The zero-order valence-corrected chi connectivity index (χ0v) is 23.8. The number of nitrogens with zero attached hydrogens (tertiary/aromatic N) is 1. The van der Waals surface area contributed by atoms with E-state index in [0.717, 1.165) is 27.8 Å². The molecule has 0 aliphatic heterocycles. The molecule has 0 heterocycles. The van der Waals surface area contributed by atoms with Crippen LogP contribution < -0.4 is 5.32 Å². The van der Waals surface area contributed by atoms with Gasteiger partial charge in [0.15, 0.2) is 0 Å². The Bertz CT molecular complexity index is 1310. The summed E-state index contributed by atoms with van der Waals surface area (Å²) in [6, 6.07) is 37.8. The first kappa shape index (κ1) is 28.8. The molecule has 0 aliphatic carbocycles. The lowest BCUT2D eigenvalue weighted by molar-refractivity contribution is -0.141. The predicted octanol–water partition coefficient (Wildman–Crippen LogP) is 6.93. The monoisotopic (exact) mass is 532 g/mol. The molecule has 0 unspecified atom stereocenters. The number of benzene rings is 4. The van der Waals surface area contributed by atoms with Gasteiger partial charge in [-0.2, -0.15) is 0 Å². The summed E-state index contributed by atoms with van der Waals surface area (Å²) in [5, 5.41) is 3.12. The summed E-state index contributed by atoms with van der Waals surface area (Å²) in [5.41, 5.74) is 5.34. The maximum Gasteiger partial charge on any atom is 0.243 e. The first-order valence-electron chi connectivity index (χ1n) is 14.2. The molecular formula is C36H40N2O2. The van der Waals surface area contributed by atoms with E-state index in [1.54, 1.807) is 0 Å². The molecule has 40 heavy (non-hydrogen) atoms. The van der Waals surface area contributed by atoms with Crippen LogP contribution in [0.4, 0.5) is 0 Å². The van der Waals surface area contributed by atoms with Crippen LogP contribution in [0.1, 0.15) is 54.0 Å². The highest BCUT2D eigenvalue weighted by molar-refractivity contribution is 5.88. The average Bonchev–Trinajstić information content (AvgIpc) is 2.98. The van der Waals surface area contributed by atoms with Crippen LogP contribution in [-0.2, 0) is 22.6 Å². The van der Waals surface area contributed by atoms with Crippen LogP contribution in [0, 0.1) is 12.8 Å². The number of carbonyl (C=O) groups excluding carboxylic acids is 2. The largest absolute Gasteiger partial charge is 0.354 e. The second kappa shape index (κ2) is 14.3. The van der Waals surface area contributed by atoms with Crippen molar-refractivity contribution >= 4 is 11.8 Å². The molecule has 4 rings (SSSR count). The molecule has 0 fully saturated rings. The zero-order chi connectivity index (χ0) is 28.3. The highest BCUT2D eigenvalue weighted by atomic mass is 16.2. The van der Waals surface area contributed by atoms with E-state index >= 15 is 0 Å². The lowest BCUT2D eigenvalue weighted by atomic mass is 9.87. The maximum absolute atomic E-state index is 14.4. The smallest absolute Gasteiger partial charge is 0.243 e. The number of hydrogen-bond donors (Lipinski definition) is 1. The van der Waals surface area contributed by atoms with E-state index in [0.29, 0.717) is 25.4 Å². The van der Waals surface area contributed by atoms with Crippen molar-refractivity contribution in [2.75, 3.05) is 6.54 Å². The molecule has 0 radical (unpaired) electrons. The number of amides is 2. The van der Waals surface area contributed by atoms with Gasteiger partial charge in [-0.05, 0) is 40.7 Å². The normalized spacial score (nSPS) is 11.8. The van der Waals surface area contributed by atoms with Crippen molar-refractivity contribution in [2.45, 2.75) is 52.1 Å². The molecule has 2 amide bonds. The Morgan fingerprint density at radius 1 is 0.725 bits per heavy atom. The van der Waals surface area contributed by atoms with Crippen LogP contribution in [0.25, 0.3) is 0 Å². The molecule has 1 N–H and O–H groups in total. The van der Waals surface area contributed by atoms with Gasteiger partial charge in [-0.1, -0.05) is 129 Å². The lowest BCUT2D eigenvalue weighted by Crippen LogP contribution is -2.51. The van der Waals surface area contributed by atoms with E-state index in [4.69, 9.17) is 0 Å². The molecule has 4 aromatic carbocycles. The van der Waals surface area contributed by atoms with Gasteiger partial charge < -0.3 is 10.2 Å². The van der Waals surface area contributed by atoms with Gasteiger partial charge in [0.2, 0.25) is 11.8 Å². The maximum atomic E-state index is 14.4. The van der Waals surface area contributed by atoms with Crippen molar-refractivity contribution in [3.63, 3.8) is 0 Å². The zero-order valence-electron chi connectivity index (χ0n) is 23.8. The van der Waals surface area contributed by atoms with E-state index in [1.165, 1.54) is 0 Å². The SMILES string of the molecule is Cc1ccccc1CN(C(=O)CC(c1ccccc1)c1ccccc1)[C@H](Cc1ccccc1)C(=O)NCC(C)C. The summed E-state index contributed by atoms with van der Waals surface area (Å²) in [4.78, 5) is 30.0. The predicted molar refractivity (Wildman–Crippen MR) is 163 cm³/mol. The van der Waals surface area contributed by atoms with Gasteiger partial charge in [0.1, 0.15) is 6.04 Å². The Hall–Kier alpha value is -4.18. The van der Waals surface area contributed by atoms with Gasteiger partial charge in [0.05, 0.1) is 0 Å². The van der Waals surface area contributed by atoms with Gasteiger partial charge in [0.25, 0.3) is 0 Å². The minimum atomic E-state index is -0.638. The average molecular weight is 533 g/mol. The third kappa shape index (κ3) is 7.92. The Kier molecular flexibility index (Phi) is 10.3. The molecule has 0 aromatic heterocycles. The fourth-order valence-electron chi connectivity index (χ4n) is 5.04. The molecule has 0 spiro atoms. The van der Waals surface area contributed by atoms with E-state index < -0.39 is 6.04 Å². The first-order chi connectivity index (χ1) is 19.4. The van der Waals surface area contributed by atoms with Crippen LogP contribution >= 0.6 is 0 Å². The summed E-state index contributed by atoms with van der Waals surface area (Å²) >= 11 is 0. The van der Waals surface area contributed by atoms with Crippen molar-refractivity contribution in [1.82, 2.24) is 10.2 Å². The van der Waals surface area contributed by atoms with Crippen molar-refractivity contribution in [3.8, 4) is 0 Å². The van der Waals surface area contributed by atoms with Crippen molar-refractivity contribution < 1.29 is 9.59 Å². The topological polar surface area (TPSA) is 49.4 Å². The van der Waals surface area contributed by atoms with E-state index in [-0.39, 0.29) is 24.2 Å². The Morgan fingerprint density at radius 2 is 1.25 bits per heavy atom. The van der Waals surface area contributed by atoms with Crippen LogP contribution in [0.3, 0.4) is 0 Å². The van der Waals surface area contributed by atoms with Gasteiger partial charge in [-0.3, -0.25) is 9.59 Å². The minimum Gasteiger partial charge on any atom is -0.354 e. The number of hydrogen-bond acceptors (Lipinski definition) is 2. The van der Waals surface area contributed by atoms with Gasteiger partial charge in [0, 0.05) is 31.8 Å². The third-order valence-corrected chi connectivity index (χ3v) is 7.34. The second-order valence-electron chi connectivity index (χ2n) is 10.9. The van der Waals surface area contributed by atoms with E-state index in [1.807, 2.05) is 89.8 Å². The van der Waals surface area contributed by atoms with E-state index in [2.05, 4.69) is 56.4 Å². The van der Waals surface area contributed by atoms with E-state index in [9.17, 15) is 9.59 Å². The summed E-state index contributed by atoms with van der Waals surface area (Å²) in [5.74, 6) is 0.0322. The molecular weight excluding hydrogens is 492 g/mol. The van der Waals surface area contributed by atoms with Gasteiger partial charge in [-0.15, -0.1) is 0 Å².